The molecular formula is C20H20N4O. The predicted octanol–water partition coefficient (Wildman–Crippen LogP) is 2.90. The topological polar surface area (TPSA) is 43.2 Å². The summed E-state index contributed by atoms with van der Waals surface area (Å²) >= 11 is 0. The molecule has 5 heteroatoms. The van der Waals surface area contributed by atoms with Crippen molar-refractivity contribution >= 4 is 0 Å². The van der Waals surface area contributed by atoms with Crippen molar-refractivity contribution in [2.24, 2.45) is 0 Å². The van der Waals surface area contributed by atoms with E-state index in [1.165, 1.54) is 5.56 Å². The van der Waals surface area contributed by atoms with Crippen LogP contribution in [0.4, 0.5) is 0 Å². The van der Waals surface area contributed by atoms with Gasteiger partial charge in [0, 0.05) is 25.2 Å². The lowest BCUT2D eigenvalue weighted by Gasteiger charge is -2.26. The van der Waals surface area contributed by atoms with Gasteiger partial charge in [-0.1, -0.05) is 65.9 Å². The minimum absolute atomic E-state index is 0.196. The molecule has 3 aromatic rings. The normalized spacial score (nSPS) is 22.6. The Morgan fingerprint density at radius 1 is 0.960 bits per heavy atom. The van der Waals surface area contributed by atoms with Gasteiger partial charge in [-0.25, -0.2) is 4.68 Å². The maximum Gasteiger partial charge on any atom is 0.118 e. The molecule has 25 heavy (non-hydrogen) atoms. The van der Waals surface area contributed by atoms with Gasteiger partial charge in [-0.2, -0.15) is 0 Å². The van der Waals surface area contributed by atoms with E-state index in [9.17, 15) is 0 Å². The molecule has 1 saturated heterocycles. The Kier molecular flexibility index (Phi) is 3.61. The van der Waals surface area contributed by atoms with Crippen LogP contribution in [0.3, 0.4) is 0 Å². The van der Waals surface area contributed by atoms with Gasteiger partial charge in [0.2, 0.25) is 0 Å². The summed E-state index contributed by atoms with van der Waals surface area (Å²) in [6, 6.07) is 21.1. The van der Waals surface area contributed by atoms with Crippen LogP contribution in [0, 0.1) is 0 Å². The Morgan fingerprint density at radius 3 is 2.52 bits per heavy atom. The third-order valence-electron chi connectivity index (χ3n) is 5.15. The fourth-order valence-corrected chi connectivity index (χ4v) is 3.92. The van der Waals surface area contributed by atoms with Crippen LogP contribution in [0.15, 0.2) is 60.7 Å². The molecule has 0 radical (unpaired) electrons. The van der Waals surface area contributed by atoms with Gasteiger partial charge in [-0.05, 0) is 5.56 Å². The lowest BCUT2D eigenvalue weighted by Crippen LogP contribution is -2.32. The molecule has 2 aliphatic heterocycles. The maximum atomic E-state index is 6.17. The van der Waals surface area contributed by atoms with E-state index in [1.54, 1.807) is 0 Å². The van der Waals surface area contributed by atoms with E-state index in [-0.39, 0.29) is 12.1 Å². The number of benzene rings is 2. The summed E-state index contributed by atoms with van der Waals surface area (Å²) in [7, 11) is 0. The Balaban J connectivity index is 1.40. The molecule has 0 amide bonds. The van der Waals surface area contributed by atoms with Crippen LogP contribution >= 0.6 is 0 Å². The summed E-state index contributed by atoms with van der Waals surface area (Å²) in [6.45, 7) is 3.42. The molecule has 0 N–H and O–H groups in total. The first-order valence-electron chi connectivity index (χ1n) is 8.76. The van der Waals surface area contributed by atoms with Crippen molar-refractivity contribution in [2.75, 3.05) is 13.1 Å². The van der Waals surface area contributed by atoms with E-state index >= 15 is 0 Å². The number of aromatic nitrogens is 3. The van der Waals surface area contributed by atoms with Crippen LogP contribution in [0.25, 0.3) is 11.3 Å². The number of likely N-dealkylation sites (tertiary alicyclic amines) is 1. The first kappa shape index (κ1) is 14.8. The molecule has 0 spiro atoms. The summed E-state index contributed by atoms with van der Waals surface area (Å²) in [4.78, 5) is 2.45. The lowest BCUT2D eigenvalue weighted by molar-refractivity contribution is -0.00494. The van der Waals surface area contributed by atoms with Gasteiger partial charge in [0.15, 0.2) is 0 Å². The van der Waals surface area contributed by atoms with Crippen LogP contribution in [0.5, 0.6) is 0 Å². The highest BCUT2D eigenvalue weighted by atomic mass is 16.5. The molecule has 126 valence electrons. The average Bonchev–Trinajstić information content (AvgIpc) is 3.26. The summed E-state index contributed by atoms with van der Waals surface area (Å²) in [5, 5.41) is 8.93. The van der Waals surface area contributed by atoms with Gasteiger partial charge in [-0.3, -0.25) is 4.90 Å². The molecule has 1 aromatic heterocycles. The zero-order valence-electron chi connectivity index (χ0n) is 14.0. The summed E-state index contributed by atoms with van der Waals surface area (Å²) in [6.07, 6.45) is 0.196. The quantitative estimate of drug-likeness (QED) is 0.740. The predicted molar refractivity (Wildman–Crippen MR) is 94.8 cm³/mol. The molecule has 5 rings (SSSR count). The van der Waals surface area contributed by atoms with Crippen LogP contribution in [-0.4, -0.2) is 39.1 Å². The Bertz CT molecular complexity index is 862. The third-order valence-corrected chi connectivity index (χ3v) is 5.15. The summed E-state index contributed by atoms with van der Waals surface area (Å²) in [5.41, 5.74) is 4.48. The zero-order chi connectivity index (χ0) is 16.6. The van der Waals surface area contributed by atoms with Crippen LogP contribution in [0.2, 0.25) is 0 Å². The average molecular weight is 332 g/mol. The molecule has 0 aliphatic carbocycles. The largest absolute Gasteiger partial charge is 0.368 e. The monoisotopic (exact) mass is 332 g/mol. The van der Waals surface area contributed by atoms with Crippen molar-refractivity contribution in [2.45, 2.75) is 25.3 Å². The number of hydrogen-bond acceptors (Lipinski definition) is 4. The highest BCUT2D eigenvalue weighted by molar-refractivity contribution is 5.61. The van der Waals surface area contributed by atoms with E-state index in [1.807, 2.05) is 18.2 Å². The van der Waals surface area contributed by atoms with E-state index in [2.05, 4.69) is 62.4 Å². The SMILES string of the molecule is c1ccc(CN2C[C@@H]3OCc4c(-c5ccccc5)nnn4[C@H]3C2)cc1. The molecule has 1 fully saturated rings. The van der Waals surface area contributed by atoms with Crippen molar-refractivity contribution in [3.05, 3.63) is 71.9 Å². The summed E-state index contributed by atoms with van der Waals surface area (Å²) < 4.78 is 8.27. The molecule has 2 aromatic carbocycles. The molecule has 2 aliphatic rings. The summed E-state index contributed by atoms with van der Waals surface area (Å²) in [5.74, 6) is 0. The number of hydrogen-bond donors (Lipinski definition) is 0. The van der Waals surface area contributed by atoms with Crippen LogP contribution in [-0.2, 0) is 17.9 Å². The fourth-order valence-electron chi connectivity index (χ4n) is 3.92. The molecule has 0 bridgehead atoms. The third kappa shape index (κ3) is 2.65. The molecule has 0 saturated carbocycles. The van der Waals surface area contributed by atoms with Gasteiger partial charge in [0.05, 0.1) is 24.4 Å². The van der Waals surface area contributed by atoms with E-state index in [0.717, 1.165) is 36.6 Å². The molecular weight excluding hydrogens is 312 g/mol. The highest BCUT2D eigenvalue weighted by Crippen LogP contribution is 2.34. The van der Waals surface area contributed by atoms with Crippen molar-refractivity contribution in [1.82, 2.24) is 19.9 Å². The second-order valence-corrected chi connectivity index (χ2v) is 6.79. The molecule has 3 heterocycles. The van der Waals surface area contributed by atoms with Gasteiger partial charge in [-0.15, -0.1) is 5.10 Å². The van der Waals surface area contributed by atoms with Gasteiger partial charge in [0.25, 0.3) is 0 Å². The standard InChI is InChI=1S/C20H20N4O/c1-3-7-15(8-4-1)11-23-12-17-19(13-23)25-14-18-20(21-22-24(17)18)16-9-5-2-6-10-16/h1-10,17,19H,11-14H2/t17-,19-/m0/s1. The minimum atomic E-state index is 0.196. The van der Waals surface area contributed by atoms with Gasteiger partial charge >= 0.3 is 0 Å². The number of fused-ring (bicyclic) bond motifs is 3. The van der Waals surface area contributed by atoms with E-state index in [4.69, 9.17) is 4.74 Å². The smallest absolute Gasteiger partial charge is 0.118 e. The fraction of sp³-hybridized carbons (Fsp3) is 0.300. The maximum absolute atomic E-state index is 6.17. The van der Waals surface area contributed by atoms with Crippen molar-refractivity contribution in [3.8, 4) is 11.3 Å². The van der Waals surface area contributed by atoms with E-state index < -0.39 is 0 Å². The minimum Gasteiger partial charge on any atom is -0.368 e. The lowest BCUT2D eigenvalue weighted by atomic mass is 10.1. The second-order valence-electron chi connectivity index (χ2n) is 6.79. The van der Waals surface area contributed by atoms with Gasteiger partial charge < -0.3 is 4.74 Å². The number of nitrogens with zero attached hydrogens (tertiary/aromatic N) is 4. The first-order valence-corrected chi connectivity index (χ1v) is 8.76. The van der Waals surface area contributed by atoms with Crippen LogP contribution in [0.1, 0.15) is 17.3 Å². The molecule has 5 nitrogen and oxygen atoms in total. The van der Waals surface area contributed by atoms with Gasteiger partial charge in [0.1, 0.15) is 5.69 Å². The first-order chi connectivity index (χ1) is 12.4. The number of ether oxygens (including phenoxy) is 1. The van der Waals surface area contributed by atoms with Crippen molar-refractivity contribution < 1.29 is 4.74 Å². The Morgan fingerprint density at radius 2 is 1.72 bits per heavy atom. The van der Waals surface area contributed by atoms with Crippen LogP contribution < -0.4 is 0 Å². The Hall–Kier alpha value is -2.50. The Labute approximate surface area is 146 Å². The zero-order valence-corrected chi connectivity index (χ0v) is 14.0. The van der Waals surface area contributed by atoms with Crippen molar-refractivity contribution in [1.29, 1.82) is 0 Å². The number of rotatable bonds is 3. The molecule has 0 unspecified atom stereocenters. The second kappa shape index (κ2) is 6.10. The van der Waals surface area contributed by atoms with Crippen molar-refractivity contribution in [3.63, 3.8) is 0 Å². The molecule has 2 atom stereocenters. The van der Waals surface area contributed by atoms with E-state index in [0.29, 0.717) is 6.61 Å². The highest BCUT2D eigenvalue weighted by Gasteiger charge is 2.40.